The van der Waals surface area contributed by atoms with Crippen LogP contribution in [0.5, 0.6) is 0 Å². The Labute approximate surface area is 136 Å². The minimum atomic E-state index is 0.0535. The third-order valence-electron chi connectivity index (χ3n) is 4.89. The first-order valence-electron chi connectivity index (χ1n) is 8.44. The quantitative estimate of drug-likeness (QED) is 0.841. The summed E-state index contributed by atoms with van der Waals surface area (Å²) in [6, 6.07) is 8.19. The minimum Gasteiger partial charge on any atom is -0.464 e. The van der Waals surface area contributed by atoms with Crippen molar-refractivity contribution in [1.82, 2.24) is 9.88 Å². The van der Waals surface area contributed by atoms with E-state index in [9.17, 15) is 4.79 Å². The van der Waals surface area contributed by atoms with Gasteiger partial charge in [0.15, 0.2) is 0 Å². The summed E-state index contributed by atoms with van der Waals surface area (Å²) < 4.78 is 5.98. The molecule has 2 heterocycles. The maximum absolute atomic E-state index is 12.8. The van der Waals surface area contributed by atoms with Crippen molar-refractivity contribution in [3.63, 3.8) is 0 Å². The summed E-state index contributed by atoms with van der Waals surface area (Å²) in [5, 5.41) is 0. The predicted octanol–water partition coefficient (Wildman–Crippen LogP) is 3.91. The molecule has 2 saturated carbocycles. The van der Waals surface area contributed by atoms with Crippen molar-refractivity contribution in [3.05, 3.63) is 53.2 Å². The molecule has 0 aromatic carbocycles. The molecule has 2 aliphatic carbocycles. The minimum absolute atomic E-state index is 0.0535. The Bertz CT molecular complexity index is 715. The topological polar surface area (TPSA) is 46.3 Å². The molecule has 2 fully saturated rings. The molecule has 0 saturated heterocycles. The summed E-state index contributed by atoms with van der Waals surface area (Å²) in [6.45, 7) is 4.73. The zero-order chi connectivity index (χ0) is 16.0. The lowest BCUT2D eigenvalue weighted by Crippen LogP contribution is -2.32. The molecule has 0 aliphatic heterocycles. The first-order chi connectivity index (χ1) is 11.1. The highest BCUT2D eigenvalue weighted by molar-refractivity contribution is 5.94. The van der Waals surface area contributed by atoms with Gasteiger partial charge in [-0.25, -0.2) is 0 Å². The van der Waals surface area contributed by atoms with E-state index in [2.05, 4.69) is 18.0 Å². The van der Waals surface area contributed by atoms with Crippen LogP contribution in [0, 0.1) is 12.8 Å². The first kappa shape index (κ1) is 14.5. The molecule has 4 nitrogen and oxygen atoms in total. The normalized spacial score (nSPS) is 22.9. The molecule has 0 unspecified atom stereocenters. The number of nitrogens with zero attached hydrogens (tertiary/aromatic N) is 2. The Hall–Kier alpha value is -2.10. The number of hydrogen-bond donors (Lipinski definition) is 0. The van der Waals surface area contributed by atoms with Gasteiger partial charge in [-0.05, 0) is 56.4 Å². The van der Waals surface area contributed by atoms with Crippen molar-refractivity contribution < 1.29 is 9.21 Å². The standard InChI is InChI=1S/C19H22N2O2/c1-12-9-17(12)18-8-7-16(23-18)11-21(15-5-6-15)19(22)14-4-3-13(2)20-10-14/h3-4,7-8,10,12,15,17H,5-6,9,11H2,1-2H3/t12-,17-/m1/s1. The summed E-state index contributed by atoms with van der Waals surface area (Å²) in [6.07, 6.45) is 5.05. The molecule has 23 heavy (non-hydrogen) atoms. The second kappa shape index (κ2) is 5.52. The number of aryl methyl sites for hydroxylation is 1. The Morgan fingerprint density at radius 2 is 2.09 bits per heavy atom. The van der Waals surface area contributed by atoms with E-state index in [0.717, 1.165) is 36.0 Å². The highest BCUT2D eigenvalue weighted by Gasteiger charge is 2.37. The largest absolute Gasteiger partial charge is 0.464 e. The Morgan fingerprint density at radius 3 is 2.70 bits per heavy atom. The van der Waals surface area contributed by atoms with Gasteiger partial charge in [-0.15, -0.1) is 0 Å². The number of rotatable bonds is 5. The molecule has 2 aromatic rings. The number of amides is 1. The monoisotopic (exact) mass is 310 g/mol. The second-order valence-corrected chi connectivity index (χ2v) is 6.98. The van der Waals surface area contributed by atoms with E-state index in [0.29, 0.717) is 24.1 Å². The number of carbonyl (C=O) groups is 1. The highest BCUT2D eigenvalue weighted by Crippen LogP contribution is 2.47. The van der Waals surface area contributed by atoms with Gasteiger partial charge >= 0.3 is 0 Å². The zero-order valence-electron chi connectivity index (χ0n) is 13.7. The van der Waals surface area contributed by atoms with Gasteiger partial charge in [-0.1, -0.05) is 6.92 Å². The SMILES string of the molecule is Cc1ccc(C(=O)N(Cc2ccc([C@@H]3C[C@H]3C)o2)C2CC2)cn1. The third-order valence-corrected chi connectivity index (χ3v) is 4.89. The van der Waals surface area contributed by atoms with Crippen LogP contribution in [-0.4, -0.2) is 21.8 Å². The molecule has 2 aliphatic rings. The highest BCUT2D eigenvalue weighted by atomic mass is 16.3. The van der Waals surface area contributed by atoms with Crippen molar-refractivity contribution in [3.8, 4) is 0 Å². The summed E-state index contributed by atoms with van der Waals surface area (Å²) in [7, 11) is 0. The smallest absolute Gasteiger partial charge is 0.256 e. The van der Waals surface area contributed by atoms with E-state index in [1.165, 1.54) is 6.42 Å². The van der Waals surface area contributed by atoms with Crippen LogP contribution in [0.3, 0.4) is 0 Å². The van der Waals surface area contributed by atoms with Gasteiger partial charge in [-0.2, -0.15) is 0 Å². The lowest BCUT2D eigenvalue weighted by atomic mass is 10.2. The van der Waals surface area contributed by atoms with E-state index in [-0.39, 0.29) is 5.91 Å². The van der Waals surface area contributed by atoms with Crippen LogP contribution in [0.1, 0.15) is 59.7 Å². The lowest BCUT2D eigenvalue weighted by Gasteiger charge is -2.21. The van der Waals surface area contributed by atoms with E-state index in [4.69, 9.17) is 4.42 Å². The van der Waals surface area contributed by atoms with Crippen LogP contribution >= 0.6 is 0 Å². The van der Waals surface area contributed by atoms with Crippen molar-refractivity contribution in [2.45, 2.75) is 51.6 Å². The van der Waals surface area contributed by atoms with E-state index >= 15 is 0 Å². The number of aromatic nitrogens is 1. The summed E-state index contributed by atoms with van der Waals surface area (Å²) in [5.74, 6) is 3.33. The fourth-order valence-electron chi connectivity index (χ4n) is 3.08. The Kier molecular flexibility index (Phi) is 3.47. The Balaban J connectivity index is 1.50. The third kappa shape index (κ3) is 3.03. The van der Waals surface area contributed by atoms with Gasteiger partial charge < -0.3 is 9.32 Å². The van der Waals surface area contributed by atoms with Crippen LogP contribution in [-0.2, 0) is 6.54 Å². The molecule has 0 bridgehead atoms. The Morgan fingerprint density at radius 1 is 1.30 bits per heavy atom. The predicted molar refractivity (Wildman–Crippen MR) is 87.1 cm³/mol. The van der Waals surface area contributed by atoms with Gasteiger partial charge in [0.1, 0.15) is 11.5 Å². The van der Waals surface area contributed by atoms with Crippen LogP contribution in [0.15, 0.2) is 34.9 Å². The van der Waals surface area contributed by atoms with E-state index in [1.54, 1.807) is 6.20 Å². The average molecular weight is 310 g/mol. The fourth-order valence-corrected chi connectivity index (χ4v) is 3.08. The molecule has 4 rings (SSSR count). The molecule has 1 amide bonds. The van der Waals surface area contributed by atoms with E-state index in [1.807, 2.05) is 30.0 Å². The summed E-state index contributed by atoms with van der Waals surface area (Å²) in [4.78, 5) is 19.0. The van der Waals surface area contributed by atoms with Gasteiger partial charge in [0.2, 0.25) is 0 Å². The number of carbonyl (C=O) groups excluding carboxylic acids is 1. The maximum atomic E-state index is 12.8. The molecule has 0 spiro atoms. The van der Waals surface area contributed by atoms with Crippen molar-refractivity contribution in [2.24, 2.45) is 5.92 Å². The maximum Gasteiger partial charge on any atom is 0.256 e. The van der Waals surface area contributed by atoms with Crippen LogP contribution in [0.4, 0.5) is 0 Å². The summed E-state index contributed by atoms with van der Waals surface area (Å²) >= 11 is 0. The molecule has 2 aromatic heterocycles. The van der Waals surface area contributed by atoms with Crippen molar-refractivity contribution in [1.29, 1.82) is 0 Å². The molecule has 0 N–H and O–H groups in total. The van der Waals surface area contributed by atoms with Crippen molar-refractivity contribution in [2.75, 3.05) is 0 Å². The lowest BCUT2D eigenvalue weighted by molar-refractivity contribution is 0.0716. The molecule has 4 heteroatoms. The molecule has 0 radical (unpaired) electrons. The zero-order valence-corrected chi connectivity index (χ0v) is 13.7. The fraction of sp³-hybridized carbons (Fsp3) is 0.474. The number of pyridine rings is 1. The molecule has 120 valence electrons. The van der Waals surface area contributed by atoms with E-state index < -0.39 is 0 Å². The summed E-state index contributed by atoms with van der Waals surface area (Å²) in [5.41, 5.74) is 1.58. The van der Waals surface area contributed by atoms with Gasteiger partial charge in [0, 0.05) is 23.9 Å². The van der Waals surface area contributed by atoms with Gasteiger partial charge in [-0.3, -0.25) is 9.78 Å². The van der Waals surface area contributed by atoms with Gasteiger partial charge in [0.05, 0.1) is 12.1 Å². The van der Waals surface area contributed by atoms with Gasteiger partial charge in [0.25, 0.3) is 5.91 Å². The molecular formula is C19H22N2O2. The number of hydrogen-bond acceptors (Lipinski definition) is 3. The molecular weight excluding hydrogens is 288 g/mol. The van der Waals surface area contributed by atoms with Crippen LogP contribution in [0.25, 0.3) is 0 Å². The second-order valence-electron chi connectivity index (χ2n) is 6.98. The first-order valence-corrected chi connectivity index (χ1v) is 8.44. The van der Waals surface area contributed by atoms with Crippen molar-refractivity contribution >= 4 is 5.91 Å². The number of furan rings is 1. The molecule has 2 atom stereocenters. The average Bonchev–Trinajstić information content (AvgIpc) is 3.46. The van der Waals surface area contributed by atoms with Crippen LogP contribution in [0.2, 0.25) is 0 Å². The van der Waals surface area contributed by atoms with Crippen LogP contribution < -0.4 is 0 Å².